The molecule has 2 aromatic carbocycles. The fourth-order valence-electron chi connectivity index (χ4n) is 2.84. The normalized spacial score (nSPS) is 16.9. The minimum Gasteiger partial charge on any atom is -0.371 e. The van der Waals surface area contributed by atoms with Crippen LogP contribution in [-0.2, 0) is 29.0 Å². The summed E-state index contributed by atoms with van der Waals surface area (Å²) >= 11 is 0. The average molecular weight is 295 g/mol. The van der Waals surface area contributed by atoms with Crippen LogP contribution in [0.1, 0.15) is 22.3 Å². The molecule has 0 fully saturated rings. The molecule has 0 aromatic heterocycles. The molecule has 1 amide bonds. The molecule has 1 heterocycles. The first-order valence-electron chi connectivity index (χ1n) is 7.71. The van der Waals surface area contributed by atoms with E-state index in [1.54, 1.807) is 0 Å². The Labute approximate surface area is 131 Å². The Kier molecular flexibility index (Phi) is 4.54. The molecule has 0 bridgehead atoms. The third kappa shape index (κ3) is 3.74. The standard InChI is InChI=1S/C19H21NO2/c1-14-5-4-6-15(9-14)10-19(21)20-12-18-11-16-7-2-3-8-17(16)13-22-18/h2-9,18H,10-13H2,1H3,(H,20,21). The van der Waals surface area contributed by atoms with Crippen molar-refractivity contribution in [1.82, 2.24) is 5.32 Å². The second-order valence-electron chi connectivity index (χ2n) is 5.88. The maximum atomic E-state index is 12.0. The molecule has 1 unspecified atom stereocenters. The summed E-state index contributed by atoms with van der Waals surface area (Å²) in [4.78, 5) is 12.0. The van der Waals surface area contributed by atoms with Gasteiger partial charge in [0, 0.05) is 13.0 Å². The van der Waals surface area contributed by atoms with Gasteiger partial charge in [-0.15, -0.1) is 0 Å². The highest BCUT2D eigenvalue weighted by atomic mass is 16.5. The van der Waals surface area contributed by atoms with Crippen molar-refractivity contribution in [2.75, 3.05) is 6.54 Å². The number of amides is 1. The number of benzene rings is 2. The molecule has 1 atom stereocenters. The predicted molar refractivity (Wildman–Crippen MR) is 86.6 cm³/mol. The van der Waals surface area contributed by atoms with Gasteiger partial charge in [0.2, 0.25) is 5.91 Å². The summed E-state index contributed by atoms with van der Waals surface area (Å²) < 4.78 is 5.81. The molecule has 3 rings (SSSR count). The number of rotatable bonds is 4. The number of aryl methyl sites for hydroxylation is 1. The molecule has 1 aliphatic heterocycles. The quantitative estimate of drug-likeness (QED) is 0.942. The van der Waals surface area contributed by atoms with Crippen LogP contribution < -0.4 is 5.32 Å². The van der Waals surface area contributed by atoms with Crippen LogP contribution in [0.15, 0.2) is 48.5 Å². The Morgan fingerprint density at radius 1 is 1.18 bits per heavy atom. The first-order chi connectivity index (χ1) is 10.7. The molecule has 0 saturated heterocycles. The van der Waals surface area contributed by atoms with Crippen LogP contribution in [0.5, 0.6) is 0 Å². The van der Waals surface area contributed by atoms with E-state index in [1.807, 2.05) is 37.3 Å². The van der Waals surface area contributed by atoms with Gasteiger partial charge >= 0.3 is 0 Å². The van der Waals surface area contributed by atoms with E-state index < -0.39 is 0 Å². The van der Waals surface area contributed by atoms with Gasteiger partial charge in [-0.2, -0.15) is 0 Å². The summed E-state index contributed by atoms with van der Waals surface area (Å²) in [7, 11) is 0. The lowest BCUT2D eigenvalue weighted by Crippen LogP contribution is -2.37. The second kappa shape index (κ2) is 6.75. The Bertz CT molecular complexity index is 666. The third-order valence-electron chi connectivity index (χ3n) is 4.01. The predicted octanol–water partition coefficient (Wildman–Crippen LogP) is 2.80. The van der Waals surface area contributed by atoms with Crippen LogP contribution in [0.25, 0.3) is 0 Å². The van der Waals surface area contributed by atoms with Crippen LogP contribution in [0, 0.1) is 6.92 Å². The van der Waals surface area contributed by atoms with Gasteiger partial charge in [-0.25, -0.2) is 0 Å². The number of hydrogen-bond acceptors (Lipinski definition) is 2. The molecular weight excluding hydrogens is 274 g/mol. The van der Waals surface area contributed by atoms with E-state index in [0.717, 1.165) is 12.0 Å². The van der Waals surface area contributed by atoms with Gasteiger partial charge in [0.05, 0.1) is 19.1 Å². The summed E-state index contributed by atoms with van der Waals surface area (Å²) in [5.74, 6) is 0.0491. The zero-order valence-electron chi connectivity index (χ0n) is 12.8. The molecule has 0 aliphatic carbocycles. The summed E-state index contributed by atoms with van der Waals surface area (Å²) in [6.45, 7) is 3.24. The van der Waals surface area contributed by atoms with Crippen molar-refractivity contribution in [2.24, 2.45) is 0 Å². The van der Waals surface area contributed by atoms with E-state index in [0.29, 0.717) is 19.6 Å². The largest absolute Gasteiger partial charge is 0.371 e. The van der Waals surface area contributed by atoms with E-state index >= 15 is 0 Å². The Morgan fingerprint density at radius 3 is 2.82 bits per heavy atom. The third-order valence-corrected chi connectivity index (χ3v) is 4.01. The SMILES string of the molecule is Cc1cccc(CC(=O)NCC2Cc3ccccc3CO2)c1. The number of carbonyl (C=O) groups excluding carboxylic acids is 1. The molecule has 0 saturated carbocycles. The van der Waals surface area contributed by atoms with E-state index in [9.17, 15) is 4.79 Å². The molecular formula is C19H21NO2. The van der Waals surface area contributed by atoms with E-state index in [4.69, 9.17) is 4.74 Å². The maximum Gasteiger partial charge on any atom is 0.224 e. The Morgan fingerprint density at radius 2 is 2.00 bits per heavy atom. The average Bonchev–Trinajstić information content (AvgIpc) is 2.53. The smallest absolute Gasteiger partial charge is 0.224 e. The van der Waals surface area contributed by atoms with Crippen molar-refractivity contribution < 1.29 is 9.53 Å². The zero-order valence-corrected chi connectivity index (χ0v) is 12.8. The van der Waals surface area contributed by atoms with E-state index in [-0.39, 0.29) is 12.0 Å². The highest BCUT2D eigenvalue weighted by molar-refractivity contribution is 5.78. The number of hydrogen-bond donors (Lipinski definition) is 1. The van der Waals surface area contributed by atoms with Crippen molar-refractivity contribution in [3.63, 3.8) is 0 Å². The first-order valence-corrected chi connectivity index (χ1v) is 7.71. The van der Waals surface area contributed by atoms with Crippen molar-refractivity contribution in [1.29, 1.82) is 0 Å². The van der Waals surface area contributed by atoms with Gasteiger partial charge in [-0.05, 0) is 23.6 Å². The van der Waals surface area contributed by atoms with Crippen molar-refractivity contribution >= 4 is 5.91 Å². The van der Waals surface area contributed by atoms with Gasteiger partial charge in [-0.1, -0.05) is 54.1 Å². The van der Waals surface area contributed by atoms with Crippen molar-refractivity contribution in [2.45, 2.75) is 32.5 Å². The molecule has 3 nitrogen and oxygen atoms in total. The first kappa shape index (κ1) is 14.8. The fraction of sp³-hybridized carbons (Fsp3) is 0.316. The highest BCUT2D eigenvalue weighted by Crippen LogP contribution is 2.19. The van der Waals surface area contributed by atoms with Crippen LogP contribution >= 0.6 is 0 Å². The summed E-state index contributed by atoms with van der Waals surface area (Å²) in [5.41, 5.74) is 4.81. The van der Waals surface area contributed by atoms with Gasteiger partial charge in [0.1, 0.15) is 0 Å². The lowest BCUT2D eigenvalue weighted by atomic mass is 9.99. The lowest BCUT2D eigenvalue weighted by Gasteiger charge is -2.25. The molecule has 114 valence electrons. The lowest BCUT2D eigenvalue weighted by molar-refractivity contribution is -0.121. The number of carbonyl (C=O) groups is 1. The van der Waals surface area contributed by atoms with E-state index in [2.05, 4.69) is 23.5 Å². The molecule has 0 radical (unpaired) electrons. The monoisotopic (exact) mass is 295 g/mol. The molecule has 22 heavy (non-hydrogen) atoms. The topological polar surface area (TPSA) is 38.3 Å². The summed E-state index contributed by atoms with van der Waals surface area (Å²) in [6.07, 6.45) is 1.35. The van der Waals surface area contributed by atoms with Crippen LogP contribution in [0.4, 0.5) is 0 Å². The number of ether oxygens (including phenoxy) is 1. The highest BCUT2D eigenvalue weighted by Gasteiger charge is 2.19. The summed E-state index contributed by atoms with van der Waals surface area (Å²) in [6, 6.07) is 16.4. The zero-order chi connectivity index (χ0) is 15.4. The molecule has 3 heteroatoms. The Balaban J connectivity index is 1.50. The van der Waals surface area contributed by atoms with Crippen molar-refractivity contribution in [3.8, 4) is 0 Å². The fourth-order valence-corrected chi connectivity index (χ4v) is 2.84. The number of fused-ring (bicyclic) bond motifs is 1. The molecule has 1 N–H and O–H groups in total. The molecule has 2 aromatic rings. The second-order valence-corrected chi connectivity index (χ2v) is 5.88. The minimum absolute atomic E-state index is 0.0491. The van der Waals surface area contributed by atoms with Crippen molar-refractivity contribution in [3.05, 3.63) is 70.8 Å². The van der Waals surface area contributed by atoms with Gasteiger partial charge < -0.3 is 10.1 Å². The van der Waals surface area contributed by atoms with Gasteiger partial charge in [0.15, 0.2) is 0 Å². The number of nitrogens with one attached hydrogen (secondary N) is 1. The Hall–Kier alpha value is -2.13. The maximum absolute atomic E-state index is 12.0. The van der Waals surface area contributed by atoms with Crippen LogP contribution in [-0.4, -0.2) is 18.6 Å². The van der Waals surface area contributed by atoms with Gasteiger partial charge in [0.25, 0.3) is 0 Å². The molecule has 1 aliphatic rings. The van der Waals surface area contributed by atoms with Crippen LogP contribution in [0.2, 0.25) is 0 Å². The van der Waals surface area contributed by atoms with Gasteiger partial charge in [-0.3, -0.25) is 4.79 Å². The minimum atomic E-state index is 0.0491. The van der Waals surface area contributed by atoms with Crippen LogP contribution in [0.3, 0.4) is 0 Å². The summed E-state index contributed by atoms with van der Waals surface area (Å²) in [5, 5.41) is 2.99. The molecule has 0 spiro atoms. The van der Waals surface area contributed by atoms with E-state index in [1.165, 1.54) is 16.7 Å².